The van der Waals surface area contributed by atoms with Crippen LogP contribution in [0, 0.1) is 0 Å². The molecule has 1 aromatic rings. The molecule has 0 saturated carbocycles. The van der Waals surface area contributed by atoms with Gasteiger partial charge in [0.1, 0.15) is 6.33 Å². The van der Waals surface area contributed by atoms with E-state index < -0.39 is 0 Å². The Kier molecular flexibility index (Phi) is 2.10. The van der Waals surface area contributed by atoms with E-state index in [0.29, 0.717) is 5.69 Å². The molecule has 0 spiro atoms. The second-order valence-corrected chi connectivity index (χ2v) is 2.84. The average Bonchev–Trinajstić information content (AvgIpc) is 2.51. The van der Waals surface area contributed by atoms with E-state index in [1.807, 2.05) is 0 Å². The molecule has 0 aliphatic carbocycles. The van der Waals surface area contributed by atoms with Gasteiger partial charge in [0.25, 0.3) is 0 Å². The van der Waals surface area contributed by atoms with E-state index in [9.17, 15) is 9.59 Å². The Labute approximate surface area is 80.0 Å². The number of carbonyl (C=O) groups is 2. The van der Waals surface area contributed by atoms with Crippen LogP contribution in [-0.4, -0.2) is 33.4 Å². The molecule has 0 aromatic carbocycles. The highest BCUT2D eigenvalue weighted by molar-refractivity contribution is 6.01. The van der Waals surface area contributed by atoms with Crippen LogP contribution in [0.2, 0.25) is 0 Å². The normalized spacial score (nSPS) is 15.9. The molecule has 1 aliphatic heterocycles. The molecular formula is C8H8N4O2. The molecule has 2 heterocycles. The van der Waals surface area contributed by atoms with E-state index in [0.717, 1.165) is 4.90 Å². The van der Waals surface area contributed by atoms with Gasteiger partial charge in [0.15, 0.2) is 0 Å². The lowest BCUT2D eigenvalue weighted by atomic mass is 10.4. The first kappa shape index (κ1) is 8.61. The van der Waals surface area contributed by atoms with Crippen molar-refractivity contribution in [1.29, 1.82) is 0 Å². The zero-order valence-corrected chi connectivity index (χ0v) is 7.30. The Bertz CT molecular complexity index is 349. The van der Waals surface area contributed by atoms with Crippen molar-refractivity contribution in [3.8, 4) is 0 Å². The second-order valence-electron chi connectivity index (χ2n) is 2.84. The molecule has 2 rings (SSSR count). The summed E-state index contributed by atoms with van der Waals surface area (Å²) in [7, 11) is 0. The monoisotopic (exact) mass is 192 g/mol. The molecule has 0 unspecified atom stereocenters. The minimum absolute atomic E-state index is 0.0733. The fourth-order valence-corrected chi connectivity index (χ4v) is 1.19. The number of nitrogens with one attached hydrogen (secondary N) is 1. The van der Waals surface area contributed by atoms with Crippen molar-refractivity contribution in [1.82, 2.24) is 20.2 Å². The zero-order chi connectivity index (χ0) is 9.97. The number of rotatable bonds is 2. The fourth-order valence-electron chi connectivity index (χ4n) is 1.19. The van der Waals surface area contributed by atoms with E-state index in [-0.39, 0.29) is 25.0 Å². The smallest absolute Gasteiger partial charge is 0.324 e. The molecule has 1 aliphatic rings. The lowest BCUT2D eigenvalue weighted by Gasteiger charge is -2.10. The van der Waals surface area contributed by atoms with E-state index in [1.165, 1.54) is 6.33 Å². The summed E-state index contributed by atoms with van der Waals surface area (Å²) < 4.78 is 0. The molecule has 14 heavy (non-hydrogen) atoms. The summed E-state index contributed by atoms with van der Waals surface area (Å²) in [5, 5.41) is 2.43. The third-order valence-electron chi connectivity index (χ3n) is 1.90. The Morgan fingerprint density at radius 1 is 1.50 bits per heavy atom. The van der Waals surface area contributed by atoms with Gasteiger partial charge in [-0.15, -0.1) is 0 Å². The Morgan fingerprint density at radius 3 is 2.93 bits per heavy atom. The molecule has 1 saturated heterocycles. The summed E-state index contributed by atoms with van der Waals surface area (Å²) in [6.45, 7) is 0.275. The summed E-state index contributed by atoms with van der Waals surface area (Å²) >= 11 is 0. The van der Waals surface area contributed by atoms with Crippen LogP contribution in [0.3, 0.4) is 0 Å². The number of aromatic nitrogens is 2. The Balaban J connectivity index is 2.11. The van der Waals surface area contributed by atoms with Crippen LogP contribution in [0.1, 0.15) is 5.69 Å². The summed E-state index contributed by atoms with van der Waals surface area (Å²) in [5.41, 5.74) is 0.644. The van der Waals surface area contributed by atoms with Crippen molar-refractivity contribution in [2.75, 3.05) is 6.54 Å². The largest absolute Gasteiger partial charge is 0.329 e. The predicted octanol–water partition coefficient (Wildman–Crippen LogP) is -0.472. The van der Waals surface area contributed by atoms with Crippen molar-refractivity contribution in [3.05, 3.63) is 24.3 Å². The van der Waals surface area contributed by atoms with Gasteiger partial charge in [-0.3, -0.25) is 9.69 Å². The van der Waals surface area contributed by atoms with Crippen LogP contribution in [0.15, 0.2) is 18.6 Å². The van der Waals surface area contributed by atoms with Crippen molar-refractivity contribution in [3.63, 3.8) is 0 Å². The number of nitrogens with zero attached hydrogens (tertiary/aromatic N) is 3. The van der Waals surface area contributed by atoms with Gasteiger partial charge in [-0.1, -0.05) is 0 Å². The quantitative estimate of drug-likeness (QED) is 0.642. The van der Waals surface area contributed by atoms with Crippen LogP contribution in [-0.2, 0) is 11.3 Å². The number of urea groups is 1. The molecule has 3 amide bonds. The highest BCUT2D eigenvalue weighted by Crippen LogP contribution is 2.04. The molecule has 6 nitrogen and oxygen atoms in total. The van der Waals surface area contributed by atoms with Gasteiger partial charge in [0, 0.05) is 6.20 Å². The summed E-state index contributed by atoms with van der Waals surface area (Å²) in [5.74, 6) is -0.228. The van der Waals surface area contributed by atoms with Gasteiger partial charge < -0.3 is 5.32 Å². The van der Waals surface area contributed by atoms with E-state index in [2.05, 4.69) is 15.3 Å². The third-order valence-corrected chi connectivity index (χ3v) is 1.90. The minimum Gasteiger partial charge on any atom is -0.329 e. The van der Waals surface area contributed by atoms with Crippen LogP contribution in [0.5, 0.6) is 0 Å². The van der Waals surface area contributed by atoms with Crippen LogP contribution >= 0.6 is 0 Å². The number of carbonyl (C=O) groups excluding carboxylic acids is 2. The van der Waals surface area contributed by atoms with Gasteiger partial charge in [-0.2, -0.15) is 0 Å². The first-order chi connectivity index (χ1) is 6.77. The first-order valence-electron chi connectivity index (χ1n) is 4.10. The van der Waals surface area contributed by atoms with Gasteiger partial charge in [-0.25, -0.2) is 14.8 Å². The Morgan fingerprint density at radius 2 is 2.36 bits per heavy atom. The fraction of sp³-hybridized carbons (Fsp3) is 0.250. The van der Waals surface area contributed by atoms with Gasteiger partial charge >= 0.3 is 6.03 Å². The van der Waals surface area contributed by atoms with E-state index in [1.54, 1.807) is 12.3 Å². The van der Waals surface area contributed by atoms with Crippen molar-refractivity contribution < 1.29 is 9.59 Å². The second kappa shape index (κ2) is 3.41. The number of imide groups is 1. The highest BCUT2D eigenvalue weighted by atomic mass is 16.2. The van der Waals surface area contributed by atoms with E-state index >= 15 is 0 Å². The molecule has 6 heteroatoms. The van der Waals surface area contributed by atoms with Gasteiger partial charge in [-0.05, 0) is 6.07 Å². The molecule has 1 fully saturated rings. The predicted molar refractivity (Wildman–Crippen MR) is 46.0 cm³/mol. The topological polar surface area (TPSA) is 75.2 Å². The Hall–Kier alpha value is -1.98. The van der Waals surface area contributed by atoms with Gasteiger partial charge in [0.2, 0.25) is 5.91 Å². The molecule has 72 valence electrons. The SMILES string of the molecule is O=C1CNC(=O)N1Cc1ccncn1. The van der Waals surface area contributed by atoms with Crippen LogP contribution < -0.4 is 5.32 Å². The lowest BCUT2D eigenvalue weighted by molar-refractivity contribution is -0.125. The lowest BCUT2D eigenvalue weighted by Crippen LogP contribution is -2.30. The minimum atomic E-state index is -0.367. The third kappa shape index (κ3) is 1.54. The number of hydrogen-bond acceptors (Lipinski definition) is 4. The number of amides is 3. The first-order valence-corrected chi connectivity index (χ1v) is 4.10. The van der Waals surface area contributed by atoms with Crippen LogP contribution in [0.25, 0.3) is 0 Å². The maximum Gasteiger partial charge on any atom is 0.324 e. The van der Waals surface area contributed by atoms with Crippen molar-refractivity contribution in [2.24, 2.45) is 0 Å². The van der Waals surface area contributed by atoms with Crippen molar-refractivity contribution >= 4 is 11.9 Å². The molecular weight excluding hydrogens is 184 g/mol. The summed E-state index contributed by atoms with van der Waals surface area (Å²) in [6.07, 6.45) is 2.95. The maximum absolute atomic E-state index is 11.2. The zero-order valence-electron chi connectivity index (χ0n) is 7.30. The molecule has 1 N–H and O–H groups in total. The molecule has 0 atom stereocenters. The maximum atomic E-state index is 11.2. The average molecular weight is 192 g/mol. The van der Waals surface area contributed by atoms with Crippen molar-refractivity contribution in [2.45, 2.75) is 6.54 Å². The van der Waals surface area contributed by atoms with E-state index in [4.69, 9.17) is 0 Å². The molecule has 0 bridgehead atoms. The summed E-state index contributed by atoms with van der Waals surface area (Å²) in [6, 6.07) is 1.30. The number of hydrogen-bond donors (Lipinski definition) is 1. The van der Waals surface area contributed by atoms with Crippen LogP contribution in [0.4, 0.5) is 4.79 Å². The standard InChI is InChI=1S/C8H8N4O2/c13-7-3-10-8(14)12(7)4-6-1-2-9-5-11-6/h1-2,5H,3-4H2,(H,10,14). The molecule has 0 radical (unpaired) electrons. The van der Waals surface area contributed by atoms with Gasteiger partial charge in [0.05, 0.1) is 18.8 Å². The highest BCUT2D eigenvalue weighted by Gasteiger charge is 2.28. The summed E-state index contributed by atoms with van der Waals surface area (Å²) in [4.78, 5) is 31.1. The molecule has 1 aromatic heterocycles.